The first-order chi connectivity index (χ1) is 13.0. The molecule has 0 amide bonds. The van der Waals surface area contributed by atoms with Gasteiger partial charge >= 0.3 is 0 Å². The molecule has 3 aliphatic rings. The van der Waals surface area contributed by atoms with Gasteiger partial charge in [0.15, 0.2) is 0 Å². The van der Waals surface area contributed by atoms with Crippen LogP contribution in [0.3, 0.4) is 0 Å². The Kier molecular flexibility index (Phi) is 3.64. The number of benzene rings is 2. The normalized spacial score (nSPS) is 26.0. The van der Waals surface area contributed by atoms with Crippen LogP contribution in [-0.2, 0) is 15.9 Å². The monoisotopic (exact) mass is 360 g/mol. The Morgan fingerprint density at radius 1 is 0.889 bits per heavy atom. The van der Waals surface area contributed by atoms with Gasteiger partial charge in [0.25, 0.3) is 0 Å². The van der Waals surface area contributed by atoms with E-state index in [-0.39, 0.29) is 23.6 Å². The van der Waals surface area contributed by atoms with Crippen molar-refractivity contribution in [1.29, 1.82) is 0 Å². The molecule has 5 rings (SSSR count). The predicted octanol–water partition coefficient (Wildman–Crippen LogP) is 4.32. The van der Waals surface area contributed by atoms with E-state index >= 15 is 0 Å². The Hall–Kier alpha value is -2.62. The molecule has 1 aliphatic carbocycles. The van der Waals surface area contributed by atoms with Crippen LogP contribution in [-0.4, -0.2) is 30.5 Å². The lowest BCUT2D eigenvalue weighted by atomic mass is 9.88. The summed E-state index contributed by atoms with van der Waals surface area (Å²) >= 11 is 0. The third-order valence-corrected chi connectivity index (χ3v) is 5.70. The molecule has 0 spiro atoms. The summed E-state index contributed by atoms with van der Waals surface area (Å²) in [6, 6.07) is 17.0. The quantitative estimate of drug-likeness (QED) is 0.800. The second kappa shape index (κ2) is 5.95. The Morgan fingerprint density at radius 2 is 1.59 bits per heavy atom. The predicted molar refractivity (Wildman–Crippen MR) is 106 cm³/mol. The molecular weight excluding hydrogens is 336 g/mol. The Morgan fingerprint density at radius 3 is 2.30 bits per heavy atom. The largest absolute Gasteiger partial charge is 0.475 e. The summed E-state index contributed by atoms with van der Waals surface area (Å²) in [5, 5.41) is 0. The van der Waals surface area contributed by atoms with E-state index in [0.717, 1.165) is 29.3 Å². The lowest BCUT2D eigenvalue weighted by Gasteiger charge is -2.21. The van der Waals surface area contributed by atoms with Crippen molar-refractivity contribution in [2.45, 2.75) is 45.4 Å². The van der Waals surface area contributed by atoms with E-state index in [1.807, 2.05) is 12.1 Å². The number of ether oxygens (including phenoxy) is 2. The first-order valence-electron chi connectivity index (χ1n) is 9.63. The molecule has 2 aliphatic heterocycles. The van der Waals surface area contributed by atoms with Crippen molar-refractivity contribution in [3.8, 4) is 0 Å². The molecular formula is C23H24N2O2. The van der Waals surface area contributed by atoms with Crippen molar-refractivity contribution in [3.05, 3.63) is 70.8 Å². The van der Waals surface area contributed by atoms with E-state index in [1.165, 1.54) is 11.1 Å². The van der Waals surface area contributed by atoms with Gasteiger partial charge in [-0.1, -0.05) is 45.0 Å². The molecule has 2 heterocycles. The maximum Gasteiger partial charge on any atom is 0.217 e. The number of fused-ring (bicyclic) bond motifs is 3. The number of nitrogens with zero attached hydrogens (tertiary/aromatic N) is 2. The molecule has 4 heteroatoms. The highest BCUT2D eigenvalue weighted by molar-refractivity contribution is 5.99. The summed E-state index contributed by atoms with van der Waals surface area (Å²) in [5.74, 6) is 1.48. The molecule has 138 valence electrons. The van der Waals surface area contributed by atoms with Crippen LogP contribution in [0.2, 0.25) is 0 Å². The smallest absolute Gasteiger partial charge is 0.217 e. The van der Waals surface area contributed by atoms with E-state index in [4.69, 9.17) is 19.5 Å². The minimum absolute atomic E-state index is 0.113. The Balaban J connectivity index is 1.37. The maximum absolute atomic E-state index is 6.17. The molecule has 4 nitrogen and oxygen atoms in total. The fraction of sp³-hybridized carbons (Fsp3) is 0.391. The van der Waals surface area contributed by atoms with Crippen molar-refractivity contribution in [2.24, 2.45) is 15.4 Å². The fourth-order valence-corrected chi connectivity index (χ4v) is 3.97. The fourth-order valence-electron chi connectivity index (χ4n) is 3.97. The Labute approximate surface area is 160 Å². The number of hydrogen-bond donors (Lipinski definition) is 0. The first-order valence-corrected chi connectivity index (χ1v) is 9.63. The van der Waals surface area contributed by atoms with E-state index in [2.05, 4.69) is 57.2 Å². The summed E-state index contributed by atoms with van der Waals surface area (Å²) in [6.45, 7) is 7.24. The third kappa shape index (κ3) is 2.84. The van der Waals surface area contributed by atoms with Crippen molar-refractivity contribution < 1.29 is 9.47 Å². The van der Waals surface area contributed by atoms with Gasteiger partial charge in [0.05, 0.1) is 6.04 Å². The average molecular weight is 360 g/mol. The summed E-state index contributed by atoms with van der Waals surface area (Å²) in [5.41, 5.74) is 4.79. The van der Waals surface area contributed by atoms with Gasteiger partial charge in [-0.2, -0.15) is 0 Å². The second-order valence-electron chi connectivity index (χ2n) is 8.64. The lowest BCUT2D eigenvalue weighted by molar-refractivity contribution is 0.206. The zero-order valence-electron chi connectivity index (χ0n) is 16.0. The SMILES string of the molecule is CC(C)(C)[C@H]1COC(c2ccc(C3=N[C@H]4c5ccccc5CC4O3)cc2)=N1. The highest BCUT2D eigenvalue weighted by Gasteiger charge is 2.39. The molecule has 0 radical (unpaired) electrons. The van der Waals surface area contributed by atoms with Gasteiger partial charge < -0.3 is 9.47 Å². The maximum atomic E-state index is 6.17. The minimum Gasteiger partial charge on any atom is -0.475 e. The van der Waals surface area contributed by atoms with Gasteiger partial charge in [-0.25, -0.2) is 9.98 Å². The standard InChI is InChI=1S/C23H24N2O2/c1-23(2,3)19-13-26-21(24-19)14-8-10-15(11-9-14)22-25-20-17-7-5-4-6-16(17)12-18(20)27-22/h4-11,18-20H,12-13H2,1-3H3/t18?,19-,20+/m1/s1. The molecule has 0 bridgehead atoms. The van der Waals surface area contributed by atoms with Crippen molar-refractivity contribution >= 4 is 11.8 Å². The van der Waals surface area contributed by atoms with E-state index < -0.39 is 0 Å². The molecule has 0 N–H and O–H groups in total. The van der Waals surface area contributed by atoms with Crippen LogP contribution in [0.25, 0.3) is 0 Å². The van der Waals surface area contributed by atoms with Gasteiger partial charge in [-0.05, 0) is 40.8 Å². The first kappa shape index (κ1) is 16.5. The van der Waals surface area contributed by atoms with Gasteiger partial charge in [-0.3, -0.25) is 0 Å². The molecule has 0 fully saturated rings. The summed E-state index contributed by atoms with van der Waals surface area (Å²) in [7, 11) is 0. The summed E-state index contributed by atoms with van der Waals surface area (Å²) in [6.07, 6.45) is 1.07. The van der Waals surface area contributed by atoms with E-state index in [1.54, 1.807) is 0 Å². The average Bonchev–Trinajstić information content (AvgIpc) is 3.35. The van der Waals surface area contributed by atoms with Crippen LogP contribution in [0.5, 0.6) is 0 Å². The summed E-state index contributed by atoms with van der Waals surface area (Å²) < 4.78 is 12.0. The van der Waals surface area contributed by atoms with E-state index in [0.29, 0.717) is 6.61 Å². The molecule has 0 saturated heterocycles. The van der Waals surface area contributed by atoms with Crippen LogP contribution in [0.1, 0.15) is 49.1 Å². The third-order valence-electron chi connectivity index (χ3n) is 5.70. The van der Waals surface area contributed by atoms with Gasteiger partial charge in [0.1, 0.15) is 18.8 Å². The number of hydrogen-bond acceptors (Lipinski definition) is 4. The van der Waals surface area contributed by atoms with Crippen LogP contribution in [0, 0.1) is 5.41 Å². The van der Waals surface area contributed by atoms with Gasteiger partial charge in [0, 0.05) is 17.5 Å². The minimum atomic E-state index is 0.113. The number of rotatable bonds is 2. The molecule has 2 aromatic rings. The molecule has 0 saturated carbocycles. The van der Waals surface area contributed by atoms with Crippen LogP contribution < -0.4 is 0 Å². The highest BCUT2D eigenvalue weighted by atomic mass is 16.5. The van der Waals surface area contributed by atoms with Gasteiger partial charge in [0.2, 0.25) is 11.8 Å². The molecule has 2 aromatic carbocycles. The Bertz CT molecular complexity index is 938. The second-order valence-corrected chi connectivity index (χ2v) is 8.64. The van der Waals surface area contributed by atoms with Crippen LogP contribution in [0.15, 0.2) is 58.5 Å². The van der Waals surface area contributed by atoms with Crippen LogP contribution >= 0.6 is 0 Å². The zero-order chi connectivity index (χ0) is 18.6. The topological polar surface area (TPSA) is 43.2 Å². The van der Waals surface area contributed by atoms with Crippen molar-refractivity contribution in [3.63, 3.8) is 0 Å². The molecule has 0 aromatic heterocycles. The summed E-state index contributed by atoms with van der Waals surface area (Å²) in [4.78, 5) is 9.63. The van der Waals surface area contributed by atoms with Crippen LogP contribution in [0.4, 0.5) is 0 Å². The molecule has 3 atom stereocenters. The molecule has 27 heavy (non-hydrogen) atoms. The van der Waals surface area contributed by atoms with Crippen molar-refractivity contribution in [2.75, 3.05) is 6.61 Å². The lowest BCUT2D eigenvalue weighted by Crippen LogP contribution is -2.25. The van der Waals surface area contributed by atoms with Gasteiger partial charge in [-0.15, -0.1) is 0 Å². The van der Waals surface area contributed by atoms with E-state index in [9.17, 15) is 0 Å². The highest BCUT2D eigenvalue weighted by Crippen LogP contribution is 2.40. The molecule has 1 unspecified atom stereocenters. The zero-order valence-corrected chi connectivity index (χ0v) is 16.0. The number of aliphatic imine (C=N–C) groups is 2. The van der Waals surface area contributed by atoms with Crippen molar-refractivity contribution in [1.82, 2.24) is 0 Å².